The van der Waals surface area contributed by atoms with Gasteiger partial charge in [0.1, 0.15) is 0 Å². The number of anilines is 1. The third-order valence-electron chi connectivity index (χ3n) is 4.42. The van der Waals surface area contributed by atoms with Gasteiger partial charge >= 0.3 is 0 Å². The molecular formula is C17H17N3O. The van der Waals surface area contributed by atoms with E-state index in [4.69, 9.17) is 10.3 Å². The molecule has 1 atom stereocenters. The molecule has 1 heterocycles. The van der Waals surface area contributed by atoms with Crippen LogP contribution < -0.4 is 5.73 Å². The summed E-state index contributed by atoms with van der Waals surface area (Å²) in [5, 5.41) is 6.36. The highest BCUT2D eigenvalue weighted by atomic mass is 16.5. The van der Waals surface area contributed by atoms with E-state index in [1.54, 1.807) is 0 Å². The van der Waals surface area contributed by atoms with Crippen molar-refractivity contribution in [1.29, 1.82) is 0 Å². The summed E-state index contributed by atoms with van der Waals surface area (Å²) in [6.45, 7) is 4.44. The number of nitrogen functional groups attached to an aromatic ring is 1. The van der Waals surface area contributed by atoms with Crippen LogP contribution in [0, 0.1) is 5.41 Å². The van der Waals surface area contributed by atoms with Crippen molar-refractivity contribution in [2.45, 2.75) is 26.2 Å². The summed E-state index contributed by atoms with van der Waals surface area (Å²) >= 11 is 0. The van der Waals surface area contributed by atoms with Crippen molar-refractivity contribution in [1.82, 2.24) is 10.1 Å². The van der Waals surface area contributed by atoms with Gasteiger partial charge in [-0.1, -0.05) is 43.3 Å². The Morgan fingerprint density at radius 1 is 1.19 bits per heavy atom. The molecule has 0 radical (unpaired) electrons. The summed E-state index contributed by atoms with van der Waals surface area (Å²) < 4.78 is 5.43. The number of aromatic nitrogens is 2. The number of rotatable bonds is 2. The fourth-order valence-electron chi connectivity index (χ4n) is 2.84. The second-order valence-corrected chi connectivity index (χ2v) is 6.49. The van der Waals surface area contributed by atoms with Crippen molar-refractivity contribution in [2.24, 2.45) is 5.41 Å². The van der Waals surface area contributed by atoms with E-state index in [1.165, 1.54) is 0 Å². The van der Waals surface area contributed by atoms with Crippen LogP contribution >= 0.6 is 0 Å². The van der Waals surface area contributed by atoms with Gasteiger partial charge in [0.2, 0.25) is 0 Å². The van der Waals surface area contributed by atoms with Gasteiger partial charge in [0.05, 0.1) is 5.56 Å². The molecule has 1 aromatic heterocycles. The van der Waals surface area contributed by atoms with E-state index in [-0.39, 0.29) is 5.41 Å². The number of nitrogens with two attached hydrogens (primary N) is 1. The number of hydrogen-bond acceptors (Lipinski definition) is 4. The number of benzene rings is 2. The molecular weight excluding hydrogens is 262 g/mol. The van der Waals surface area contributed by atoms with Crippen molar-refractivity contribution >= 4 is 16.5 Å². The predicted octanol–water partition coefficient (Wildman–Crippen LogP) is 3.99. The minimum atomic E-state index is 0.288. The van der Waals surface area contributed by atoms with Gasteiger partial charge in [0.15, 0.2) is 5.82 Å². The normalized spacial score (nSPS) is 19.8. The summed E-state index contributed by atoms with van der Waals surface area (Å²) in [6, 6.07) is 12.1. The summed E-state index contributed by atoms with van der Waals surface area (Å²) in [5.41, 5.74) is 7.91. The zero-order chi connectivity index (χ0) is 14.6. The van der Waals surface area contributed by atoms with Crippen LogP contribution in [0.4, 0.5) is 5.69 Å². The fourth-order valence-corrected chi connectivity index (χ4v) is 2.84. The second kappa shape index (κ2) is 4.07. The summed E-state index contributed by atoms with van der Waals surface area (Å²) in [4.78, 5) is 4.55. The molecule has 0 saturated heterocycles. The van der Waals surface area contributed by atoms with Gasteiger partial charge in [-0.15, -0.1) is 0 Å². The average Bonchev–Trinajstić information content (AvgIpc) is 2.87. The summed E-state index contributed by atoms with van der Waals surface area (Å²) in [7, 11) is 0. The van der Waals surface area contributed by atoms with Crippen molar-refractivity contribution in [3.8, 4) is 11.5 Å². The number of fused-ring (bicyclic) bond motifs is 1. The molecule has 4 rings (SSSR count). The first-order valence-corrected chi connectivity index (χ1v) is 7.17. The lowest BCUT2D eigenvalue weighted by atomic mass is 10.1. The Bertz CT molecular complexity index is 835. The number of nitrogens with zero attached hydrogens (tertiary/aromatic N) is 2. The molecule has 1 aliphatic carbocycles. The standard InChI is InChI=1S/C17H17N3O/c1-17(2)9-13(17)15-19-16(21-20-15)12-7-10-5-3-4-6-11(10)8-14(12)18/h3-8,13H,9,18H2,1-2H3. The molecule has 21 heavy (non-hydrogen) atoms. The molecule has 2 N–H and O–H groups in total. The fraction of sp³-hybridized carbons (Fsp3) is 0.294. The molecule has 0 spiro atoms. The van der Waals surface area contributed by atoms with Crippen LogP contribution in [0.25, 0.3) is 22.2 Å². The molecule has 4 heteroatoms. The molecule has 0 amide bonds. The topological polar surface area (TPSA) is 64.9 Å². The van der Waals surface area contributed by atoms with E-state index < -0.39 is 0 Å². The van der Waals surface area contributed by atoms with Crippen molar-refractivity contribution in [3.05, 3.63) is 42.2 Å². The maximum atomic E-state index is 6.15. The molecule has 1 aliphatic rings. The lowest BCUT2D eigenvalue weighted by Crippen LogP contribution is -1.93. The average molecular weight is 279 g/mol. The van der Waals surface area contributed by atoms with Crippen LogP contribution in [-0.4, -0.2) is 10.1 Å². The van der Waals surface area contributed by atoms with Gasteiger partial charge < -0.3 is 10.3 Å². The van der Waals surface area contributed by atoms with Crippen LogP contribution in [0.2, 0.25) is 0 Å². The van der Waals surface area contributed by atoms with E-state index in [0.29, 0.717) is 17.5 Å². The molecule has 4 nitrogen and oxygen atoms in total. The lowest BCUT2D eigenvalue weighted by Gasteiger charge is -2.04. The first-order valence-electron chi connectivity index (χ1n) is 7.17. The Morgan fingerprint density at radius 3 is 2.52 bits per heavy atom. The first-order chi connectivity index (χ1) is 10.0. The molecule has 0 aliphatic heterocycles. The van der Waals surface area contributed by atoms with E-state index in [2.05, 4.69) is 30.1 Å². The summed E-state index contributed by atoms with van der Waals surface area (Å²) in [5.74, 6) is 1.70. The highest BCUT2D eigenvalue weighted by Gasteiger charge is 2.49. The third-order valence-corrected chi connectivity index (χ3v) is 4.42. The number of hydrogen-bond donors (Lipinski definition) is 1. The van der Waals surface area contributed by atoms with Crippen LogP contribution in [0.3, 0.4) is 0 Å². The van der Waals surface area contributed by atoms with Crippen molar-refractivity contribution in [2.75, 3.05) is 5.73 Å². The van der Waals surface area contributed by atoms with Gasteiger partial charge in [0, 0.05) is 11.6 Å². The van der Waals surface area contributed by atoms with E-state index in [1.807, 2.05) is 30.3 Å². The van der Waals surface area contributed by atoms with Gasteiger partial charge in [-0.25, -0.2) is 0 Å². The van der Waals surface area contributed by atoms with Crippen LogP contribution in [-0.2, 0) is 0 Å². The largest absolute Gasteiger partial charge is 0.398 e. The Kier molecular flexibility index (Phi) is 2.40. The lowest BCUT2D eigenvalue weighted by molar-refractivity contribution is 0.419. The minimum absolute atomic E-state index is 0.288. The van der Waals surface area contributed by atoms with Gasteiger partial charge in [-0.05, 0) is 34.7 Å². The van der Waals surface area contributed by atoms with Gasteiger partial charge in [0.25, 0.3) is 5.89 Å². The second-order valence-electron chi connectivity index (χ2n) is 6.49. The van der Waals surface area contributed by atoms with Crippen molar-refractivity contribution < 1.29 is 4.52 Å². The Morgan fingerprint density at radius 2 is 1.86 bits per heavy atom. The monoisotopic (exact) mass is 279 g/mol. The molecule has 106 valence electrons. The van der Waals surface area contributed by atoms with Crippen LogP contribution in [0.1, 0.15) is 32.0 Å². The maximum absolute atomic E-state index is 6.15. The first kappa shape index (κ1) is 12.4. The van der Waals surface area contributed by atoms with Crippen LogP contribution in [0.5, 0.6) is 0 Å². The molecule has 0 bridgehead atoms. The summed E-state index contributed by atoms with van der Waals surface area (Å²) in [6.07, 6.45) is 1.11. The maximum Gasteiger partial charge on any atom is 0.260 e. The van der Waals surface area contributed by atoms with Gasteiger partial charge in [-0.3, -0.25) is 0 Å². The molecule has 1 unspecified atom stereocenters. The van der Waals surface area contributed by atoms with Crippen molar-refractivity contribution in [3.63, 3.8) is 0 Å². The van der Waals surface area contributed by atoms with E-state index in [0.717, 1.165) is 28.6 Å². The Hall–Kier alpha value is -2.36. The highest BCUT2D eigenvalue weighted by molar-refractivity contribution is 5.92. The molecule has 2 aromatic carbocycles. The zero-order valence-corrected chi connectivity index (χ0v) is 12.1. The predicted molar refractivity (Wildman–Crippen MR) is 82.8 cm³/mol. The quantitative estimate of drug-likeness (QED) is 0.720. The molecule has 1 fully saturated rings. The highest BCUT2D eigenvalue weighted by Crippen LogP contribution is 2.57. The Labute approximate surface area is 123 Å². The molecule has 3 aromatic rings. The Balaban J connectivity index is 1.78. The smallest absolute Gasteiger partial charge is 0.260 e. The third kappa shape index (κ3) is 1.98. The SMILES string of the molecule is CC1(C)CC1c1noc(-c2cc3ccccc3cc2N)n1. The zero-order valence-electron chi connectivity index (χ0n) is 12.1. The molecule has 1 saturated carbocycles. The van der Waals surface area contributed by atoms with Gasteiger partial charge in [-0.2, -0.15) is 4.98 Å². The van der Waals surface area contributed by atoms with E-state index in [9.17, 15) is 0 Å². The minimum Gasteiger partial charge on any atom is -0.398 e. The van der Waals surface area contributed by atoms with Crippen LogP contribution in [0.15, 0.2) is 40.9 Å². The van der Waals surface area contributed by atoms with E-state index >= 15 is 0 Å².